The highest BCUT2D eigenvalue weighted by molar-refractivity contribution is 7.94. The Hall–Kier alpha value is -3.42. The van der Waals surface area contributed by atoms with Crippen molar-refractivity contribution in [3.8, 4) is 0 Å². The maximum absolute atomic E-state index is 15.2. The van der Waals surface area contributed by atoms with Gasteiger partial charge in [0.15, 0.2) is 9.84 Å². The van der Waals surface area contributed by atoms with Crippen molar-refractivity contribution in [2.45, 2.75) is 70.1 Å². The number of hydrogen-bond acceptors (Lipinski definition) is 10. The zero-order valence-electron chi connectivity index (χ0n) is 22.7. The number of anilines is 3. The molecule has 6 heterocycles. The molecule has 0 unspecified atom stereocenters. The summed E-state index contributed by atoms with van der Waals surface area (Å²) in [6.45, 7) is 11.9. The topological polar surface area (TPSA) is 130 Å². The van der Waals surface area contributed by atoms with Gasteiger partial charge in [0.1, 0.15) is 29.3 Å². The Morgan fingerprint density at radius 2 is 1.87 bits per heavy atom. The molecular weight excluding hydrogens is 525 g/mol. The van der Waals surface area contributed by atoms with Crippen molar-refractivity contribution in [3.05, 3.63) is 24.2 Å². The molecule has 2 fully saturated rings. The minimum Gasteiger partial charge on any atom is -0.350 e. The molecule has 3 atom stereocenters. The van der Waals surface area contributed by atoms with Gasteiger partial charge in [-0.2, -0.15) is 0 Å². The van der Waals surface area contributed by atoms with Crippen LogP contribution in [0, 0.1) is 0 Å². The molecule has 0 spiro atoms. The fraction of sp³-hybridized carbons (Fsp3) is 0.600. The van der Waals surface area contributed by atoms with E-state index in [1.807, 2.05) is 31.5 Å². The molecule has 3 aliphatic rings. The predicted molar refractivity (Wildman–Crippen MR) is 143 cm³/mol. The van der Waals surface area contributed by atoms with Crippen LogP contribution in [0.15, 0.2) is 18.6 Å². The van der Waals surface area contributed by atoms with E-state index in [2.05, 4.69) is 43.9 Å². The monoisotopic (exact) mass is 557 g/mol. The van der Waals surface area contributed by atoms with Crippen LogP contribution in [0.4, 0.5) is 21.8 Å². The van der Waals surface area contributed by atoms with Crippen LogP contribution in [-0.2, 0) is 26.6 Å². The Labute approximate surface area is 226 Å². The van der Waals surface area contributed by atoms with E-state index in [0.29, 0.717) is 19.6 Å². The van der Waals surface area contributed by atoms with Crippen molar-refractivity contribution in [2.75, 3.05) is 35.2 Å². The first kappa shape index (κ1) is 25.8. The first-order valence-corrected chi connectivity index (χ1v) is 14.8. The second-order valence-corrected chi connectivity index (χ2v) is 13.7. The number of fused-ring (bicyclic) bond motifs is 2. The Morgan fingerprint density at radius 3 is 2.54 bits per heavy atom. The maximum Gasteiger partial charge on any atom is 0.288 e. The van der Waals surface area contributed by atoms with Gasteiger partial charge in [0.25, 0.3) is 10.9 Å². The number of amides is 1. The molecule has 0 bridgehead atoms. The van der Waals surface area contributed by atoms with Crippen molar-refractivity contribution < 1.29 is 17.6 Å². The number of carbonyl (C=O) groups is 1. The van der Waals surface area contributed by atoms with Gasteiger partial charge in [-0.05, 0) is 20.8 Å². The fourth-order valence-corrected chi connectivity index (χ4v) is 7.26. The molecule has 0 aromatic carbocycles. The van der Waals surface area contributed by atoms with Crippen LogP contribution in [-0.4, -0.2) is 91.6 Å². The van der Waals surface area contributed by atoms with Crippen LogP contribution in [0.5, 0.6) is 0 Å². The number of rotatable bonds is 4. The highest BCUT2D eigenvalue weighted by atomic mass is 32.2. The summed E-state index contributed by atoms with van der Waals surface area (Å²) in [4.78, 5) is 32.6. The third-order valence-electron chi connectivity index (χ3n) is 8.28. The van der Waals surface area contributed by atoms with Gasteiger partial charge in [0, 0.05) is 61.7 Å². The molecule has 39 heavy (non-hydrogen) atoms. The molecule has 3 aliphatic heterocycles. The molecule has 0 saturated carbocycles. The number of alkyl halides is 1. The minimum absolute atomic E-state index is 0.191. The molecule has 0 aliphatic carbocycles. The number of halogens is 1. The molecular formula is C25H32FN9O3S. The van der Waals surface area contributed by atoms with Crippen LogP contribution in [0.3, 0.4) is 0 Å². The highest BCUT2D eigenvalue weighted by Gasteiger charge is 2.61. The van der Waals surface area contributed by atoms with Gasteiger partial charge in [-0.1, -0.05) is 19.1 Å². The third kappa shape index (κ3) is 3.70. The third-order valence-corrected chi connectivity index (χ3v) is 10.4. The predicted octanol–water partition coefficient (Wildman–Crippen LogP) is 1.98. The van der Waals surface area contributed by atoms with E-state index in [1.54, 1.807) is 6.20 Å². The van der Waals surface area contributed by atoms with Gasteiger partial charge < -0.3 is 14.7 Å². The summed E-state index contributed by atoms with van der Waals surface area (Å²) in [5.74, 6) is 1.01. The van der Waals surface area contributed by atoms with E-state index in [-0.39, 0.29) is 30.2 Å². The molecule has 14 heteroatoms. The normalized spacial score (nSPS) is 27.5. The molecule has 3 aromatic heterocycles. The molecule has 6 rings (SSSR count). The summed E-state index contributed by atoms with van der Waals surface area (Å²) in [7, 11) is -4.06. The van der Waals surface area contributed by atoms with Gasteiger partial charge in [0.05, 0.1) is 17.5 Å². The lowest BCUT2D eigenvalue weighted by Gasteiger charge is -2.47. The van der Waals surface area contributed by atoms with E-state index in [4.69, 9.17) is 4.98 Å². The standard InChI is InChI=1S/C25H32FN9O3S/c1-6-35-18-9-19(27-10-17(18)30-31-35)34-13-24(4,5)20-21(28-14-29-22(20)34)32-11-16(3)33(12-15(32)2)23(36)25(26)7-8-39(25,37)38/h9-10,14-16H,6-8,11-13H2,1-5H3/t15-,16+,25-/m0/s1. The molecule has 12 nitrogen and oxygen atoms in total. The zero-order chi connectivity index (χ0) is 27.9. The van der Waals surface area contributed by atoms with Crippen molar-refractivity contribution in [1.29, 1.82) is 0 Å². The lowest BCUT2D eigenvalue weighted by Crippen LogP contribution is -2.66. The Morgan fingerprint density at radius 1 is 1.13 bits per heavy atom. The summed E-state index contributed by atoms with van der Waals surface area (Å²) in [5.41, 5.74) is 2.26. The van der Waals surface area contributed by atoms with Crippen LogP contribution < -0.4 is 9.80 Å². The van der Waals surface area contributed by atoms with Crippen molar-refractivity contribution in [2.24, 2.45) is 0 Å². The Balaban J connectivity index is 1.33. The fourth-order valence-electron chi connectivity index (χ4n) is 5.98. The van der Waals surface area contributed by atoms with Crippen molar-refractivity contribution in [3.63, 3.8) is 0 Å². The minimum atomic E-state index is -4.06. The second-order valence-electron chi connectivity index (χ2n) is 11.4. The Kier molecular flexibility index (Phi) is 5.66. The molecule has 2 saturated heterocycles. The van der Waals surface area contributed by atoms with Gasteiger partial charge in [-0.25, -0.2) is 32.4 Å². The van der Waals surface area contributed by atoms with E-state index in [1.165, 1.54) is 11.2 Å². The SMILES string of the molecule is CCn1nnc2cnc(N3CC(C)(C)c4c3ncnc4N3C[C@@H](C)N(C(=O)[C@]4(F)CCS4(=O)=O)C[C@@H]3C)cc21. The summed E-state index contributed by atoms with van der Waals surface area (Å²) in [5, 5.41) is 5.57. The molecule has 1 amide bonds. The number of aryl methyl sites for hydroxylation is 1. The van der Waals surface area contributed by atoms with E-state index in [9.17, 15) is 13.2 Å². The molecule has 0 radical (unpaired) electrons. The molecule has 208 valence electrons. The lowest BCUT2D eigenvalue weighted by molar-refractivity contribution is -0.142. The lowest BCUT2D eigenvalue weighted by atomic mass is 9.87. The average molecular weight is 558 g/mol. The number of nitrogens with zero attached hydrogens (tertiary/aromatic N) is 9. The van der Waals surface area contributed by atoms with Gasteiger partial charge >= 0.3 is 0 Å². The van der Waals surface area contributed by atoms with E-state index in [0.717, 1.165) is 34.1 Å². The van der Waals surface area contributed by atoms with Crippen LogP contribution in [0.25, 0.3) is 11.0 Å². The van der Waals surface area contributed by atoms with E-state index >= 15 is 4.39 Å². The average Bonchev–Trinajstić information content (AvgIpc) is 3.45. The van der Waals surface area contributed by atoms with Crippen LogP contribution in [0.2, 0.25) is 0 Å². The quantitative estimate of drug-likeness (QED) is 0.469. The van der Waals surface area contributed by atoms with Crippen molar-refractivity contribution in [1.82, 2.24) is 34.8 Å². The van der Waals surface area contributed by atoms with E-state index < -0.39 is 26.8 Å². The molecule has 3 aromatic rings. The number of pyridine rings is 1. The number of sulfone groups is 1. The summed E-state index contributed by atoms with van der Waals surface area (Å²) in [6.07, 6.45) is 2.97. The van der Waals surface area contributed by atoms with Crippen LogP contribution in [0.1, 0.15) is 46.6 Å². The zero-order valence-corrected chi connectivity index (χ0v) is 23.5. The largest absolute Gasteiger partial charge is 0.350 e. The smallest absolute Gasteiger partial charge is 0.288 e. The number of aromatic nitrogens is 6. The number of carbonyl (C=O) groups excluding carboxylic acids is 1. The van der Waals surface area contributed by atoms with Gasteiger partial charge in [-0.15, -0.1) is 5.10 Å². The second kappa shape index (κ2) is 8.54. The number of piperazine rings is 1. The molecule has 0 N–H and O–H groups in total. The number of hydrogen-bond donors (Lipinski definition) is 0. The Bertz CT molecular complexity index is 1590. The summed E-state index contributed by atoms with van der Waals surface area (Å²) in [6, 6.07) is 1.34. The summed E-state index contributed by atoms with van der Waals surface area (Å²) < 4.78 is 41.1. The van der Waals surface area contributed by atoms with Gasteiger partial charge in [-0.3, -0.25) is 4.79 Å². The first-order chi connectivity index (χ1) is 18.4. The summed E-state index contributed by atoms with van der Waals surface area (Å²) >= 11 is 0. The maximum atomic E-state index is 15.2. The van der Waals surface area contributed by atoms with Gasteiger partial charge in [0.2, 0.25) is 0 Å². The van der Waals surface area contributed by atoms with Crippen molar-refractivity contribution >= 4 is 44.2 Å². The highest BCUT2D eigenvalue weighted by Crippen LogP contribution is 2.47. The van der Waals surface area contributed by atoms with Crippen LogP contribution >= 0.6 is 0 Å². The first-order valence-electron chi connectivity index (χ1n) is 13.2.